The predicted molar refractivity (Wildman–Crippen MR) is 112 cm³/mol. The fraction of sp³-hybridized carbons (Fsp3) is 0.263. The van der Waals surface area contributed by atoms with Gasteiger partial charge in [0.15, 0.2) is 0 Å². The molecule has 0 radical (unpaired) electrons. The Hall–Kier alpha value is -3.91. The number of hydrazone groups is 1. The van der Waals surface area contributed by atoms with Crippen LogP contribution in [-0.4, -0.2) is 34.5 Å². The molecule has 0 atom stereocenters. The summed E-state index contributed by atoms with van der Waals surface area (Å²) in [5.74, 6) is -0.565. The number of imide groups is 1. The Labute approximate surface area is 182 Å². The standard InChI is InChI=1S/C19H19ClN6O5/c1-4-30-19(29)22-17(28)14(9-21)24-23-11-5-6-15(13(20)7-11)31-18-12(10(2)3)8-16(27)25-26-18/h5-8,10,23H,4H2,1-3H3,(H,25,27)(H,22,28,29)/b24-14+. The van der Waals surface area contributed by atoms with Gasteiger partial charge in [0.05, 0.1) is 17.3 Å². The largest absolute Gasteiger partial charge is 0.450 e. The summed E-state index contributed by atoms with van der Waals surface area (Å²) in [5, 5.41) is 21.0. The molecule has 0 spiro atoms. The van der Waals surface area contributed by atoms with Crippen molar-refractivity contribution in [1.29, 1.82) is 5.26 Å². The first-order valence-corrected chi connectivity index (χ1v) is 9.41. The van der Waals surface area contributed by atoms with Crippen LogP contribution in [0.15, 0.2) is 34.2 Å². The zero-order valence-corrected chi connectivity index (χ0v) is 17.6. The number of aromatic amines is 1. The van der Waals surface area contributed by atoms with Crippen molar-refractivity contribution in [3.63, 3.8) is 0 Å². The number of ether oxygens (including phenoxy) is 2. The molecule has 0 aliphatic carbocycles. The van der Waals surface area contributed by atoms with E-state index in [1.807, 2.05) is 19.2 Å². The lowest BCUT2D eigenvalue weighted by Gasteiger charge is -2.13. The first kappa shape index (κ1) is 23.4. The normalized spacial score (nSPS) is 10.9. The van der Waals surface area contributed by atoms with Crippen LogP contribution in [0.5, 0.6) is 11.6 Å². The molecule has 1 aromatic carbocycles. The van der Waals surface area contributed by atoms with Crippen molar-refractivity contribution < 1.29 is 19.1 Å². The third kappa shape index (κ3) is 6.55. The van der Waals surface area contributed by atoms with Gasteiger partial charge < -0.3 is 9.47 Å². The van der Waals surface area contributed by atoms with Crippen molar-refractivity contribution in [2.24, 2.45) is 5.10 Å². The molecule has 2 rings (SSSR count). The molecule has 2 amide bonds. The second-order valence-corrected chi connectivity index (χ2v) is 6.66. The molecule has 31 heavy (non-hydrogen) atoms. The average molecular weight is 447 g/mol. The number of nitrogens with one attached hydrogen (secondary N) is 3. The number of benzene rings is 1. The highest BCUT2D eigenvalue weighted by molar-refractivity contribution is 6.46. The molecule has 1 aromatic heterocycles. The van der Waals surface area contributed by atoms with Gasteiger partial charge in [-0.1, -0.05) is 25.4 Å². The number of anilines is 1. The average Bonchev–Trinajstić information content (AvgIpc) is 2.71. The van der Waals surface area contributed by atoms with Crippen molar-refractivity contribution in [3.05, 3.63) is 45.2 Å². The van der Waals surface area contributed by atoms with Crippen molar-refractivity contribution in [2.45, 2.75) is 26.7 Å². The Morgan fingerprint density at radius 3 is 2.71 bits per heavy atom. The molecule has 0 saturated heterocycles. The Balaban J connectivity index is 2.15. The smallest absolute Gasteiger partial charge is 0.414 e. The number of hydrogen-bond acceptors (Lipinski definition) is 9. The summed E-state index contributed by atoms with van der Waals surface area (Å²) in [4.78, 5) is 34.6. The maximum absolute atomic E-state index is 11.8. The van der Waals surface area contributed by atoms with Crippen molar-refractivity contribution in [1.82, 2.24) is 15.5 Å². The molecule has 0 fully saturated rings. The number of halogens is 1. The van der Waals surface area contributed by atoms with E-state index in [1.165, 1.54) is 24.3 Å². The van der Waals surface area contributed by atoms with E-state index < -0.39 is 17.7 Å². The fourth-order valence-corrected chi connectivity index (χ4v) is 2.44. The fourth-order valence-electron chi connectivity index (χ4n) is 2.22. The molecule has 2 aromatic rings. The monoisotopic (exact) mass is 446 g/mol. The van der Waals surface area contributed by atoms with Crippen LogP contribution in [0.3, 0.4) is 0 Å². The van der Waals surface area contributed by atoms with Crippen molar-refractivity contribution in [3.8, 4) is 17.7 Å². The zero-order chi connectivity index (χ0) is 23.0. The molecule has 0 bridgehead atoms. The number of aromatic nitrogens is 2. The lowest BCUT2D eigenvalue weighted by Crippen LogP contribution is -2.36. The van der Waals surface area contributed by atoms with Gasteiger partial charge in [-0.15, -0.1) is 5.10 Å². The Morgan fingerprint density at radius 1 is 1.35 bits per heavy atom. The van der Waals surface area contributed by atoms with Crippen LogP contribution in [0.1, 0.15) is 32.3 Å². The topological polar surface area (TPSA) is 159 Å². The number of rotatable bonds is 7. The van der Waals surface area contributed by atoms with Crippen LogP contribution in [0.2, 0.25) is 5.02 Å². The summed E-state index contributed by atoms with van der Waals surface area (Å²) in [5.41, 5.74) is 2.51. The first-order valence-electron chi connectivity index (χ1n) is 9.04. The van der Waals surface area contributed by atoms with Gasteiger partial charge in [-0.05, 0) is 31.0 Å². The van der Waals surface area contributed by atoms with Crippen LogP contribution >= 0.6 is 11.6 Å². The van der Waals surface area contributed by atoms with E-state index in [1.54, 1.807) is 13.0 Å². The molecule has 0 unspecified atom stereocenters. The van der Waals surface area contributed by atoms with Gasteiger partial charge >= 0.3 is 6.09 Å². The summed E-state index contributed by atoms with van der Waals surface area (Å²) in [6.07, 6.45) is -0.989. The van der Waals surface area contributed by atoms with Crippen molar-refractivity contribution in [2.75, 3.05) is 12.0 Å². The summed E-state index contributed by atoms with van der Waals surface area (Å²) in [6.45, 7) is 5.41. The number of H-pyrrole nitrogens is 1. The van der Waals surface area contributed by atoms with Crippen LogP contribution in [0, 0.1) is 11.3 Å². The number of nitriles is 1. The number of amides is 2. The molecule has 162 valence electrons. The Morgan fingerprint density at radius 2 is 2.10 bits per heavy atom. The van der Waals surface area contributed by atoms with Gasteiger partial charge in [0, 0.05) is 11.6 Å². The van der Waals surface area contributed by atoms with E-state index >= 15 is 0 Å². The summed E-state index contributed by atoms with van der Waals surface area (Å²) in [6, 6.07) is 7.46. The van der Waals surface area contributed by atoms with E-state index in [0.717, 1.165) is 0 Å². The minimum atomic E-state index is -1.02. The molecular weight excluding hydrogens is 428 g/mol. The van der Waals surface area contributed by atoms with Crippen LogP contribution in [0.25, 0.3) is 0 Å². The van der Waals surface area contributed by atoms with E-state index in [2.05, 4.69) is 25.5 Å². The van der Waals surface area contributed by atoms with Crippen LogP contribution in [-0.2, 0) is 9.53 Å². The maximum Gasteiger partial charge on any atom is 0.414 e. The lowest BCUT2D eigenvalue weighted by atomic mass is 10.1. The van der Waals surface area contributed by atoms with Gasteiger partial charge in [0.25, 0.3) is 11.5 Å². The summed E-state index contributed by atoms with van der Waals surface area (Å²) < 4.78 is 10.3. The van der Waals surface area contributed by atoms with Crippen LogP contribution in [0.4, 0.5) is 10.5 Å². The van der Waals surface area contributed by atoms with E-state index in [0.29, 0.717) is 11.3 Å². The third-order valence-electron chi connectivity index (χ3n) is 3.67. The molecular formula is C19H19ClN6O5. The van der Waals surface area contributed by atoms with E-state index in [9.17, 15) is 14.4 Å². The first-order chi connectivity index (χ1) is 14.7. The minimum absolute atomic E-state index is 0.0102. The highest BCUT2D eigenvalue weighted by Crippen LogP contribution is 2.33. The summed E-state index contributed by atoms with van der Waals surface area (Å²) in [7, 11) is 0. The van der Waals surface area contributed by atoms with Crippen LogP contribution < -0.4 is 21.0 Å². The number of nitrogens with zero attached hydrogens (tertiary/aromatic N) is 3. The highest BCUT2D eigenvalue weighted by Gasteiger charge is 2.16. The molecule has 0 saturated carbocycles. The minimum Gasteiger partial charge on any atom is -0.450 e. The predicted octanol–water partition coefficient (Wildman–Crippen LogP) is 2.90. The van der Waals surface area contributed by atoms with Crippen molar-refractivity contribution >= 4 is 35.0 Å². The molecule has 11 nitrogen and oxygen atoms in total. The van der Waals surface area contributed by atoms with E-state index in [4.69, 9.17) is 21.6 Å². The number of carbonyl (C=O) groups excluding carboxylic acids is 2. The second kappa shape index (κ2) is 10.7. The molecule has 0 aliphatic heterocycles. The van der Waals surface area contributed by atoms with Gasteiger partial charge in [0.1, 0.15) is 11.8 Å². The second-order valence-electron chi connectivity index (χ2n) is 6.25. The molecule has 0 aliphatic rings. The number of hydrogen-bond donors (Lipinski definition) is 3. The van der Waals surface area contributed by atoms with Gasteiger partial charge in [-0.25, -0.2) is 9.89 Å². The third-order valence-corrected chi connectivity index (χ3v) is 3.97. The quantitative estimate of drug-likeness (QED) is 0.432. The lowest BCUT2D eigenvalue weighted by molar-refractivity contribution is -0.114. The molecule has 12 heteroatoms. The highest BCUT2D eigenvalue weighted by atomic mass is 35.5. The van der Waals surface area contributed by atoms with E-state index in [-0.39, 0.29) is 34.7 Å². The zero-order valence-electron chi connectivity index (χ0n) is 16.9. The van der Waals surface area contributed by atoms with Gasteiger partial charge in [-0.2, -0.15) is 10.4 Å². The number of alkyl carbamates (subject to hydrolysis) is 1. The SMILES string of the molecule is CCOC(=O)NC(=O)/C(C#N)=N/Nc1ccc(Oc2n[nH]c(=O)cc2C(C)C)c(Cl)c1. The maximum atomic E-state index is 11.8. The Bertz CT molecular complexity index is 1110. The van der Waals surface area contributed by atoms with Gasteiger partial charge in [0.2, 0.25) is 11.6 Å². The molecule has 1 heterocycles. The Kier molecular flexibility index (Phi) is 8.10. The van der Waals surface area contributed by atoms with Gasteiger partial charge in [-0.3, -0.25) is 20.3 Å². The summed E-state index contributed by atoms with van der Waals surface area (Å²) >= 11 is 6.24. The number of carbonyl (C=O) groups is 2. The molecule has 3 N–H and O–H groups in total.